The fourth-order valence-electron chi connectivity index (χ4n) is 2.74. The maximum absolute atomic E-state index is 12.4. The number of rotatable bonds is 5. The van der Waals surface area contributed by atoms with Crippen LogP contribution in [0.1, 0.15) is 12.0 Å². The Labute approximate surface area is 144 Å². The molecule has 1 aliphatic heterocycles. The first-order valence-corrected chi connectivity index (χ1v) is 7.85. The summed E-state index contributed by atoms with van der Waals surface area (Å²) in [5.41, 5.74) is 1.87. The van der Waals surface area contributed by atoms with Crippen LogP contribution >= 0.6 is 0 Å². The van der Waals surface area contributed by atoms with E-state index in [-0.39, 0.29) is 30.6 Å². The molecule has 1 atom stereocenters. The number of aliphatic carboxylic acids is 1. The molecule has 0 bridgehead atoms. The zero-order chi connectivity index (χ0) is 18.0. The number of carboxylic acid groups (broad SMARTS) is 1. The molecule has 25 heavy (non-hydrogen) atoms. The SMILES string of the molecule is Cc1ccc(N2C[C@@H](C(=O)Nc3ccn(CC(=O)O)n3)CC2=O)cc1. The first kappa shape index (κ1) is 16.7. The van der Waals surface area contributed by atoms with Crippen molar-refractivity contribution in [2.45, 2.75) is 19.9 Å². The summed E-state index contributed by atoms with van der Waals surface area (Å²) in [6.45, 7) is 2.00. The average Bonchev–Trinajstić information content (AvgIpc) is 3.14. The van der Waals surface area contributed by atoms with Crippen molar-refractivity contribution in [2.75, 3.05) is 16.8 Å². The third kappa shape index (κ3) is 3.85. The number of carbonyl (C=O) groups is 3. The third-order valence-electron chi connectivity index (χ3n) is 4.03. The molecule has 1 saturated heterocycles. The van der Waals surface area contributed by atoms with Crippen molar-refractivity contribution in [3.05, 3.63) is 42.1 Å². The quantitative estimate of drug-likeness (QED) is 0.851. The van der Waals surface area contributed by atoms with Crippen LogP contribution in [0.5, 0.6) is 0 Å². The van der Waals surface area contributed by atoms with E-state index in [1.165, 1.54) is 16.9 Å². The minimum Gasteiger partial charge on any atom is -0.480 e. The monoisotopic (exact) mass is 342 g/mol. The normalized spacial score (nSPS) is 16.9. The van der Waals surface area contributed by atoms with Crippen LogP contribution in [0.3, 0.4) is 0 Å². The number of anilines is 2. The van der Waals surface area contributed by atoms with E-state index in [1.807, 2.05) is 31.2 Å². The van der Waals surface area contributed by atoms with Crippen molar-refractivity contribution in [1.82, 2.24) is 9.78 Å². The molecule has 2 amide bonds. The molecule has 1 fully saturated rings. The largest absolute Gasteiger partial charge is 0.480 e. The van der Waals surface area contributed by atoms with Crippen LogP contribution < -0.4 is 10.2 Å². The van der Waals surface area contributed by atoms with E-state index in [0.29, 0.717) is 6.54 Å². The molecule has 0 unspecified atom stereocenters. The van der Waals surface area contributed by atoms with Gasteiger partial charge in [-0.15, -0.1) is 0 Å². The number of hydrogen-bond acceptors (Lipinski definition) is 4. The zero-order valence-electron chi connectivity index (χ0n) is 13.7. The second kappa shape index (κ2) is 6.76. The molecule has 0 spiro atoms. The minimum atomic E-state index is -1.02. The third-order valence-corrected chi connectivity index (χ3v) is 4.03. The maximum Gasteiger partial charge on any atom is 0.325 e. The molecule has 1 aliphatic rings. The smallest absolute Gasteiger partial charge is 0.325 e. The van der Waals surface area contributed by atoms with Gasteiger partial charge in [0.1, 0.15) is 6.54 Å². The van der Waals surface area contributed by atoms with Gasteiger partial charge < -0.3 is 15.3 Å². The lowest BCUT2D eigenvalue weighted by atomic mass is 10.1. The Hall–Kier alpha value is -3.16. The molecule has 1 aromatic carbocycles. The molecule has 2 N–H and O–H groups in total. The molecule has 0 saturated carbocycles. The van der Waals surface area contributed by atoms with Crippen molar-refractivity contribution in [3.63, 3.8) is 0 Å². The highest BCUT2D eigenvalue weighted by Crippen LogP contribution is 2.26. The van der Waals surface area contributed by atoms with E-state index in [1.54, 1.807) is 4.90 Å². The fraction of sp³-hybridized carbons (Fsp3) is 0.294. The Kier molecular flexibility index (Phi) is 4.51. The van der Waals surface area contributed by atoms with Gasteiger partial charge in [0.25, 0.3) is 0 Å². The first-order valence-electron chi connectivity index (χ1n) is 7.85. The van der Waals surface area contributed by atoms with Gasteiger partial charge in [-0.3, -0.25) is 19.1 Å². The van der Waals surface area contributed by atoms with Crippen molar-refractivity contribution in [1.29, 1.82) is 0 Å². The summed E-state index contributed by atoms with van der Waals surface area (Å²) in [5, 5.41) is 15.3. The number of amides is 2. The summed E-state index contributed by atoms with van der Waals surface area (Å²) in [4.78, 5) is 36.8. The van der Waals surface area contributed by atoms with Crippen LogP contribution in [0.2, 0.25) is 0 Å². The first-order chi connectivity index (χ1) is 11.9. The number of aryl methyl sites for hydroxylation is 1. The number of carbonyl (C=O) groups excluding carboxylic acids is 2. The summed E-state index contributed by atoms with van der Waals surface area (Å²) in [6, 6.07) is 9.09. The lowest BCUT2D eigenvalue weighted by Gasteiger charge is -2.16. The molecule has 1 aromatic heterocycles. The maximum atomic E-state index is 12.4. The predicted molar refractivity (Wildman–Crippen MR) is 90.1 cm³/mol. The molecule has 0 radical (unpaired) electrons. The lowest BCUT2D eigenvalue weighted by Crippen LogP contribution is -2.28. The number of hydrogen-bond donors (Lipinski definition) is 2. The van der Waals surface area contributed by atoms with Crippen LogP contribution in [0.15, 0.2) is 36.5 Å². The molecule has 3 rings (SSSR count). The average molecular weight is 342 g/mol. The molecular weight excluding hydrogens is 324 g/mol. The molecule has 130 valence electrons. The molecule has 2 heterocycles. The van der Waals surface area contributed by atoms with Gasteiger partial charge in [0.05, 0.1) is 5.92 Å². The van der Waals surface area contributed by atoms with Crippen molar-refractivity contribution in [2.24, 2.45) is 5.92 Å². The predicted octanol–water partition coefficient (Wildman–Crippen LogP) is 1.27. The van der Waals surface area contributed by atoms with Gasteiger partial charge in [-0.05, 0) is 19.1 Å². The Morgan fingerprint density at radius 2 is 2.00 bits per heavy atom. The fourth-order valence-corrected chi connectivity index (χ4v) is 2.74. The van der Waals surface area contributed by atoms with Gasteiger partial charge in [0.2, 0.25) is 11.8 Å². The highest BCUT2D eigenvalue weighted by Gasteiger charge is 2.35. The molecule has 0 aliphatic carbocycles. The Balaban J connectivity index is 1.63. The summed E-state index contributed by atoms with van der Waals surface area (Å²) in [5.74, 6) is -1.62. The summed E-state index contributed by atoms with van der Waals surface area (Å²) < 4.78 is 1.22. The van der Waals surface area contributed by atoms with Crippen LogP contribution in [0, 0.1) is 12.8 Å². The van der Waals surface area contributed by atoms with E-state index in [0.717, 1.165) is 11.3 Å². The van der Waals surface area contributed by atoms with Crippen LogP contribution in [-0.2, 0) is 20.9 Å². The van der Waals surface area contributed by atoms with E-state index in [4.69, 9.17) is 5.11 Å². The van der Waals surface area contributed by atoms with Gasteiger partial charge in [0.15, 0.2) is 5.82 Å². The summed E-state index contributed by atoms with van der Waals surface area (Å²) in [7, 11) is 0. The van der Waals surface area contributed by atoms with Gasteiger partial charge in [-0.25, -0.2) is 0 Å². The summed E-state index contributed by atoms with van der Waals surface area (Å²) >= 11 is 0. The summed E-state index contributed by atoms with van der Waals surface area (Å²) in [6.07, 6.45) is 1.61. The zero-order valence-corrected chi connectivity index (χ0v) is 13.7. The van der Waals surface area contributed by atoms with Crippen molar-refractivity contribution >= 4 is 29.3 Å². The van der Waals surface area contributed by atoms with E-state index in [2.05, 4.69) is 10.4 Å². The Morgan fingerprint density at radius 1 is 1.28 bits per heavy atom. The van der Waals surface area contributed by atoms with Crippen LogP contribution in [-0.4, -0.2) is 39.2 Å². The topological polar surface area (TPSA) is 105 Å². The van der Waals surface area contributed by atoms with Gasteiger partial charge in [0, 0.05) is 30.9 Å². The van der Waals surface area contributed by atoms with Crippen molar-refractivity contribution in [3.8, 4) is 0 Å². The molecular formula is C17H18N4O4. The van der Waals surface area contributed by atoms with Crippen LogP contribution in [0.25, 0.3) is 0 Å². The number of aromatic nitrogens is 2. The second-order valence-electron chi connectivity index (χ2n) is 6.02. The molecule has 8 nitrogen and oxygen atoms in total. The number of carboxylic acids is 1. The highest BCUT2D eigenvalue weighted by molar-refractivity contribution is 6.03. The molecule has 8 heteroatoms. The van der Waals surface area contributed by atoms with E-state index < -0.39 is 11.9 Å². The van der Waals surface area contributed by atoms with E-state index in [9.17, 15) is 14.4 Å². The van der Waals surface area contributed by atoms with Gasteiger partial charge >= 0.3 is 5.97 Å². The van der Waals surface area contributed by atoms with Crippen molar-refractivity contribution < 1.29 is 19.5 Å². The molecule has 2 aromatic rings. The second-order valence-corrected chi connectivity index (χ2v) is 6.02. The van der Waals surface area contributed by atoms with E-state index >= 15 is 0 Å². The Morgan fingerprint density at radius 3 is 2.68 bits per heavy atom. The standard InChI is InChI=1S/C17H18N4O4/c1-11-2-4-13(5-3-11)21-9-12(8-15(21)22)17(25)18-14-6-7-20(19-14)10-16(23)24/h2-7,12H,8-10H2,1H3,(H,23,24)(H,18,19,25)/t12-/m0/s1. The Bertz CT molecular complexity index is 812. The number of nitrogens with zero attached hydrogens (tertiary/aromatic N) is 3. The lowest BCUT2D eigenvalue weighted by molar-refractivity contribution is -0.137. The number of benzene rings is 1. The van der Waals surface area contributed by atoms with Crippen LogP contribution in [0.4, 0.5) is 11.5 Å². The van der Waals surface area contributed by atoms with Gasteiger partial charge in [-0.2, -0.15) is 5.10 Å². The number of nitrogens with one attached hydrogen (secondary N) is 1. The minimum absolute atomic E-state index is 0.0968. The van der Waals surface area contributed by atoms with Gasteiger partial charge in [-0.1, -0.05) is 17.7 Å². The highest BCUT2D eigenvalue weighted by atomic mass is 16.4.